The van der Waals surface area contributed by atoms with Gasteiger partial charge in [0.1, 0.15) is 12.7 Å². The predicted octanol–water partition coefficient (Wildman–Crippen LogP) is 3.11. The van der Waals surface area contributed by atoms with Gasteiger partial charge in [0.15, 0.2) is 11.5 Å². The molecule has 1 amide bonds. The second kappa shape index (κ2) is 6.74. The molecule has 138 valence electrons. The van der Waals surface area contributed by atoms with E-state index in [0.29, 0.717) is 13.0 Å². The summed E-state index contributed by atoms with van der Waals surface area (Å²) in [5.74, 6) is 1.49. The van der Waals surface area contributed by atoms with Crippen LogP contribution >= 0.6 is 0 Å². The Morgan fingerprint density at radius 1 is 1.15 bits per heavy atom. The van der Waals surface area contributed by atoms with Crippen LogP contribution in [0.2, 0.25) is 0 Å². The first-order chi connectivity index (χ1) is 13.3. The number of amides is 1. The number of rotatable bonds is 3. The summed E-state index contributed by atoms with van der Waals surface area (Å²) in [7, 11) is 0. The average molecular weight is 362 g/mol. The van der Waals surface area contributed by atoms with Gasteiger partial charge >= 0.3 is 0 Å². The van der Waals surface area contributed by atoms with Gasteiger partial charge in [-0.3, -0.25) is 9.69 Å². The van der Waals surface area contributed by atoms with Crippen molar-refractivity contribution < 1.29 is 14.3 Å². The van der Waals surface area contributed by atoms with Gasteiger partial charge in [0.2, 0.25) is 5.91 Å². The molecule has 5 rings (SSSR count). The van der Waals surface area contributed by atoms with Crippen LogP contribution < -0.4 is 14.8 Å². The number of carbonyl (C=O) groups excluding carboxylic acids is 1. The Kier molecular flexibility index (Phi) is 4.09. The second-order valence-electron chi connectivity index (χ2n) is 7.30. The first-order valence-corrected chi connectivity index (χ1v) is 9.48. The van der Waals surface area contributed by atoms with E-state index in [1.807, 2.05) is 12.1 Å². The Balaban J connectivity index is 1.26. The van der Waals surface area contributed by atoms with Gasteiger partial charge in [-0.05, 0) is 29.7 Å². The minimum Gasteiger partial charge on any atom is -0.486 e. The smallest absolute Gasteiger partial charge is 0.229 e. The van der Waals surface area contributed by atoms with Gasteiger partial charge < -0.3 is 14.8 Å². The molecule has 3 aliphatic rings. The van der Waals surface area contributed by atoms with Crippen molar-refractivity contribution in [2.24, 2.45) is 0 Å². The first-order valence-electron chi connectivity index (χ1n) is 9.48. The van der Waals surface area contributed by atoms with Crippen molar-refractivity contribution in [1.29, 1.82) is 0 Å². The molecule has 3 heterocycles. The van der Waals surface area contributed by atoms with Gasteiger partial charge in [-0.2, -0.15) is 0 Å². The lowest BCUT2D eigenvalue weighted by molar-refractivity contribution is -0.115. The zero-order chi connectivity index (χ0) is 18.2. The van der Waals surface area contributed by atoms with Crippen LogP contribution in [0, 0.1) is 0 Å². The highest BCUT2D eigenvalue weighted by Gasteiger charge is 2.30. The van der Waals surface area contributed by atoms with Crippen molar-refractivity contribution in [3.63, 3.8) is 0 Å². The average Bonchev–Trinajstić information content (AvgIpc) is 3.10. The normalized spacial score (nSPS) is 21.4. The summed E-state index contributed by atoms with van der Waals surface area (Å²) in [6, 6.07) is 14.3. The molecule has 2 aromatic carbocycles. The van der Waals surface area contributed by atoms with Gasteiger partial charge in [-0.1, -0.05) is 36.4 Å². The van der Waals surface area contributed by atoms with Crippen molar-refractivity contribution in [2.75, 3.05) is 31.6 Å². The van der Waals surface area contributed by atoms with Crippen LogP contribution in [0.4, 0.5) is 5.69 Å². The largest absolute Gasteiger partial charge is 0.486 e. The quantitative estimate of drug-likeness (QED) is 0.912. The first kappa shape index (κ1) is 16.4. The summed E-state index contributed by atoms with van der Waals surface area (Å²) in [5.41, 5.74) is 4.50. The molecule has 5 nitrogen and oxygen atoms in total. The third kappa shape index (κ3) is 3.19. The molecule has 0 spiro atoms. The third-order valence-electron chi connectivity index (χ3n) is 5.44. The van der Waals surface area contributed by atoms with Crippen molar-refractivity contribution >= 4 is 17.2 Å². The molecule has 0 fully saturated rings. The van der Waals surface area contributed by atoms with Crippen molar-refractivity contribution in [3.05, 3.63) is 59.7 Å². The maximum absolute atomic E-state index is 11.7. The van der Waals surface area contributed by atoms with E-state index in [-0.39, 0.29) is 12.0 Å². The molecule has 0 radical (unpaired) electrons. The Morgan fingerprint density at radius 3 is 2.85 bits per heavy atom. The van der Waals surface area contributed by atoms with Crippen LogP contribution in [-0.2, 0) is 11.2 Å². The zero-order valence-electron chi connectivity index (χ0n) is 15.1. The summed E-state index contributed by atoms with van der Waals surface area (Å²) in [6.07, 6.45) is 3.70. The van der Waals surface area contributed by atoms with E-state index in [9.17, 15) is 4.79 Å². The van der Waals surface area contributed by atoms with Crippen molar-refractivity contribution in [1.82, 2.24) is 4.90 Å². The van der Waals surface area contributed by atoms with E-state index < -0.39 is 0 Å². The maximum atomic E-state index is 11.7. The fraction of sp³-hybridized carbons (Fsp3) is 0.318. The number of carbonyl (C=O) groups is 1. The minimum absolute atomic E-state index is 0.0127. The fourth-order valence-electron chi connectivity index (χ4n) is 4.05. The van der Waals surface area contributed by atoms with E-state index in [1.165, 1.54) is 11.1 Å². The molecule has 0 saturated carbocycles. The monoisotopic (exact) mass is 362 g/mol. The summed E-state index contributed by atoms with van der Waals surface area (Å²) in [4.78, 5) is 14.1. The Hall–Kier alpha value is -2.79. The molecule has 2 aromatic rings. The van der Waals surface area contributed by atoms with E-state index in [4.69, 9.17) is 9.47 Å². The summed E-state index contributed by atoms with van der Waals surface area (Å²) < 4.78 is 12.2. The topological polar surface area (TPSA) is 50.8 Å². The third-order valence-corrected chi connectivity index (χ3v) is 5.44. The van der Waals surface area contributed by atoms with Gasteiger partial charge in [0, 0.05) is 30.9 Å². The Labute approximate surface area is 158 Å². The molecule has 27 heavy (non-hydrogen) atoms. The molecule has 1 unspecified atom stereocenters. The van der Waals surface area contributed by atoms with Crippen LogP contribution in [0.1, 0.15) is 17.5 Å². The number of nitrogens with zero attached hydrogens (tertiary/aromatic N) is 1. The lowest BCUT2D eigenvalue weighted by Crippen LogP contribution is -2.42. The fourth-order valence-corrected chi connectivity index (χ4v) is 4.05. The van der Waals surface area contributed by atoms with E-state index >= 15 is 0 Å². The van der Waals surface area contributed by atoms with Gasteiger partial charge in [0.25, 0.3) is 0 Å². The highest BCUT2D eigenvalue weighted by Crippen LogP contribution is 2.42. The van der Waals surface area contributed by atoms with Gasteiger partial charge in [0.05, 0.1) is 6.42 Å². The highest BCUT2D eigenvalue weighted by molar-refractivity contribution is 6.00. The lowest BCUT2D eigenvalue weighted by atomic mass is 9.99. The summed E-state index contributed by atoms with van der Waals surface area (Å²) >= 11 is 0. The zero-order valence-corrected chi connectivity index (χ0v) is 15.1. The molecule has 5 heteroatoms. The van der Waals surface area contributed by atoms with E-state index in [1.54, 1.807) is 0 Å². The van der Waals surface area contributed by atoms with E-state index in [0.717, 1.165) is 48.8 Å². The molecule has 0 bridgehead atoms. The van der Waals surface area contributed by atoms with E-state index in [2.05, 4.69) is 46.6 Å². The maximum Gasteiger partial charge on any atom is 0.229 e. The number of ether oxygens (including phenoxy) is 2. The summed E-state index contributed by atoms with van der Waals surface area (Å²) in [6.45, 7) is 3.30. The highest BCUT2D eigenvalue weighted by atomic mass is 16.6. The minimum atomic E-state index is -0.0219. The number of anilines is 1. The predicted molar refractivity (Wildman–Crippen MR) is 104 cm³/mol. The molecule has 1 N–H and O–H groups in total. The molecule has 0 saturated heterocycles. The molecule has 1 atom stereocenters. The Bertz CT molecular complexity index is 907. The molecular weight excluding hydrogens is 340 g/mol. The number of fused-ring (bicyclic) bond motifs is 3. The SMILES string of the molecule is O=C1Cc2c(ccc3c2OC(CN2CC=C(c4ccccc4)CC2)CO3)N1. The summed E-state index contributed by atoms with van der Waals surface area (Å²) in [5, 5.41) is 2.87. The van der Waals surface area contributed by atoms with Crippen LogP contribution in [0.25, 0.3) is 5.57 Å². The molecule has 3 aliphatic heterocycles. The molecule has 0 aliphatic carbocycles. The van der Waals surface area contributed by atoms with Crippen molar-refractivity contribution in [3.8, 4) is 11.5 Å². The number of nitrogens with one attached hydrogen (secondary N) is 1. The molecular formula is C22H22N2O3. The van der Waals surface area contributed by atoms with Crippen molar-refractivity contribution in [2.45, 2.75) is 18.9 Å². The Morgan fingerprint density at radius 2 is 2.04 bits per heavy atom. The van der Waals surface area contributed by atoms with Gasteiger partial charge in [-0.15, -0.1) is 0 Å². The number of benzene rings is 2. The lowest BCUT2D eigenvalue weighted by Gasteiger charge is -2.33. The van der Waals surface area contributed by atoms with Crippen LogP contribution in [0.15, 0.2) is 48.5 Å². The number of hydrogen-bond acceptors (Lipinski definition) is 4. The van der Waals surface area contributed by atoms with Gasteiger partial charge in [-0.25, -0.2) is 0 Å². The number of hydrogen-bond donors (Lipinski definition) is 1. The second-order valence-corrected chi connectivity index (χ2v) is 7.30. The standard InChI is InChI=1S/C22H22N2O3/c25-21-12-18-19(23-21)6-7-20-22(18)27-17(14-26-20)13-24-10-8-16(9-11-24)15-4-2-1-3-5-15/h1-8,17H,9-14H2,(H,23,25). The van der Waals surface area contributed by atoms with Crippen LogP contribution in [-0.4, -0.2) is 43.2 Å². The van der Waals surface area contributed by atoms with Crippen LogP contribution in [0.5, 0.6) is 11.5 Å². The molecule has 0 aromatic heterocycles. The van der Waals surface area contributed by atoms with Crippen LogP contribution in [0.3, 0.4) is 0 Å².